The second-order valence-electron chi connectivity index (χ2n) is 2.49. The molecule has 1 amide bonds. The van der Waals surface area contributed by atoms with Crippen molar-refractivity contribution in [2.75, 3.05) is 5.75 Å². The van der Waals surface area contributed by atoms with Gasteiger partial charge in [-0.15, -0.1) is 11.8 Å². The number of carbonyl (C=O) groups excluding carboxylic acids is 1. The fourth-order valence-electron chi connectivity index (χ4n) is 0.787. The van der Waals surface area contributed by atoms with Gasteiger partial charge in [0.2, 0.25) is 5.91 Å². The third-order valence-corrected chi connectivity index (χ3v) is 2.31. The second kappa shape index (κ2) is 6.77. The zero-order chi connectivity index (χ0) is 10.3. The van der Waals surface area contributed by atoms with Crippen LogP contribution in [0.2, 0.25) is 0 Å². The normalized spacial score (nSPS) is 12.2. The summed E-state index contributed by atoms with van der Waals surface area (Å²) in [5.41, 5.74) is 0. The molecule has 0 aromatic carbocycles. The van der Waals surface area contributed by atoms with Crippen LogP contribution in [0.15, 0.2) is 0 Å². The highest BCUT2D eigenvalue weighted by atomic mass is 32.2. The SMILES string of the molecule is CCCC(=O)NC(SCC)C(=O)O. The fraction of sp³-hybridized carbons (Fsp3) is 0.750. The van der Waals surface area contributed by atoms with E-state index >= 15 is 0 Å². The van der Waals surface area contributed by atoms with Gasteiger partial charge in [0, 0.05) is 6.42 Å². The summed E-state index contributed by atoms with van der Waals surface area (Å²) in [7, 11) is 0. The minimum absolute atomic E-state index is 0.198. The van der Waals surface area contributed by atoms with Crippen molar-refractivity contribution < 1.29 is 14.7 Å². The number of amides is 1. The standard InChI is InChI=1S/C8H15NO3S/c1-3-5-6(10)9-7(8(11)12)13-4-2/h7H,3-5H2,1-2H3,(H,9,10)(H,11,12). The minimum atomic E-state index is -0.990. The van der Waals surface area contributed by atoms with Gasteiger partial charge in [0.05, 0.1) is 0 Å². The van der Waals surface area contributed by atoms with Crippen molar-refractivity contribution in [3.8, 4) is 0 Å². The molecule has 1 unspecified atom stereocenters. The van der Waals surface area contributed by atoms with E-state index in [4.69, 9.17) is 5.11 Å². The van der Waals surface area contributed by atoms with Gasteiger partial charge < -0.3 is 10.4 Å². The minimum Gasteiger partial charge on any atom is -0.479 e. The van der Waals surface area contributed by atoms with Gasteiger partial charge in [0.25, 0.3) is 0 Å². The molecule has 0 saturated heterocycles. The molecule has 1 atom stereocenters. The first-order valence-corrected chi connectivity index (χ1v) is 5.30. The lowest BCUT2D eigenvalue weighted by Crippen LogP contribution is -2.38. The number of hydrogen-bond acceptors (Lipinski definition) is 3. The van der Waals surface area contributed by atoms with E-state index in [2.05, 4.69) is 5.32 Å². The van der Waals surface area contributed by atoms with Crippen molar-refractivity contribution in [3.05, 3.63) is 0 Å². The monoisotopic (exact) mass is 205 g/mol. The molecule has 0 saturated carbocycles. The van der Waals surface area contributed by atoms with E-state index < -0.39 is 11.3 Å². The second-order valence-corrected chi connectivity index (χ2v) is 3.87. The maximum absolute atomic E-state index is 11.0. The van der Waals surface area contributed by atoms with Crippen LogP contribution in [0.3, 0.4) is 0 Å². The van der Waals surface area contributed by atoms with Crippen molar-refractivity contribution >= 4 is 23.6 Å². The van der Waals surface area contributed by atoms with Crippen molar-refractivity contribution in [2.24, 2.45) is 0 Å². The van der Waals surface area contributed by atoms with Crippen molar-refractivity contribution in [2.45, 2.75) is 32.1 Å². The number of carbonyl (C=O) groups is 2. The lowest BCUT2D eigenvalue weighted by Gasteiger charge is -2.12. The summed E-state index contributed by atoms with van der Waals surface area (Å²) in [4.78, 5) is 21.6. The van der Waals surface area contributed by atoms with Gasteiger partial charge in [-0.3, -0.25) is 4.79 Å². The van der Waals surface area contributed by atoms with Crippen LogP contribution in [-0.2, 0) is 9.59 Å². The molecule has 76 valence electrons. The van der Waals surface area contributed by atoms with E-state index in [0.717, 1.165) is 6.42 Å². The predicted molar refractivity (Wildman–Crippen MR) is 52.6 cm³/mol. The average molecular weight is 205 g/mol. The first-order chi connectivity index (χ1) is 6.11. The zero-order valence-corrected chi connectivity index (χ0v) is 8.69. The van der Waals surface area contributed by atoms with Crippen LogP contribution in [-0.4, -0.2) is 28.1 Å². The Morgan fingerprint density at radius 1 is 1.46 bits per heavy atom. The summed E-state index contributed by atoms with van der Waals surface area (Å²) in [6.45, 7) is 3.73. The van der Waals surface area contributed by atoms with Gasteiger partial charge in [-0.25, -0.2) is 4.79 Å². The topological polar surface area (TPSA) is 66.4 Å². The molecule has 0 aromatic heterocycles. The van der Waals surface area contributed by atoms with E-state index in [1.54, 1.807) is 0 Å². The van der Waals surface area contributed by atoms with Crippen molar-refractivity contribution in [1.29, 1.82) is 0 Å². The summed E-state index contributed by atoms with van der Waals surface area (Å²) in [6, 6.07) is 0. The van der Waals surface area contributed by atoms with Gasteiger partial charge in [-0.05, 0) is 12.2 Å². The fourth-order valence-corrected chi connectivity index (χ4v) is 1.48. The molecule has 0 aliphatic heterocycles. The van der Waals surface area contributed by atoms with Crippen LogP contribution in [0.25, 0.3) is 0 Å². The number of carboxylic acids is 1. The molecule has 0 rings (SSSR count). The molecule has 2 N–H and O–H groups in total. The van der Waals surface area contributed by atoms with Gasteiger partial charge >= 0.3 is 5.97 Å². The van der Waals surface area contributed by atoms with Crippen LogP contribution in [0, 0.1) is 0 Å². The summed E-state index contributed by atoms with van der Waals surface area (Å²) < 4.78 is 0. The smallest absolute Gasteiger partial charge is 0.336 e. The van der Waals surface area contributed by atoms with E-state index in [-0.39, 0.29) is 5.91 Å². The molecule has 5 heteroatoms. The molecule has 0 aliphatic rings. The Balaban J connectivity index is 3.94. The Bertz CT molecular complexity index is 184. The Labute approximate surface area is 82.1 Å². The van der Waals surface area contributed by atoms with Crippen LogP contribution >= 0.6 is 11.8 Å². The average Bonchev–Trinajstić information content (AvgIpc) is 2.04. The van der Waals surface area contributed by atoms with Gasteiger partial charge in [-0.2, -0.15) is 0 Å². The number of hydrogen-bond donors (Lipinski definition) is 2. The Kier molecular flexibility index (Phi) is 6.40. The highest BCUT2D eigenvalue weighted by Crippen LogP contribution is 2.07. The largest absolute Gasteiger partial charge is 0.479 e. The van der Waals surface area contributed by atoms with Crippen LogP contribution in [0.1, 0.15) is 26.7 Å². The lowest BCUT2D eigenvalue weighted by molar-refractivity contribution is -0.139. The maximum Gasteiger partial charge on any atom is 0.336 e. The summed E-state index contributed by atoms with van der Waals surface area (Å²) in [5, 5.41) is 10.3. The highest BCUT2D eigenvalue weighted by Gasteiger charge is 2.18. The third kappa shape index (κ3) is 5.52. The van der Waals surface area contributed by atoms with Crippen molar-refractivity contribution in [3.63, 3.8) is 0 Å². The molecule has 4 nitrogen and oxygen atoms in total. The molecular formula is C8H15NO3S. The number of thioether (sulfide) groups is 1. The Morgan fingerprint density at radius 2 is 2.08 bits per heavy atom. The molecule has 13 heavy (non-hydrogen) atoms. The van der Waals surface area contributed by atoms with Crippen LogP contribution in [0.4, 0.5) is 0 Å². The number of aliphatic carboxylic acids is 1. The first kappa shape index (κ1) is 12.3. The summed E-state index contributed by atoms with van der Waals surface area (Å²) in [5.74, 6) is -0.518. The molecule has 0 heterocycles. The first-order valence-electron chi connectivity index (χ1n) is 4.25. The third-order valence-electron chi connectivity index (χ3n) is 1.33. The van der Waals surface area contributed by atoms with Crippen molar-refractivity contribution in [1.82, 2.24) is 5.32 Å². The van der Waals surface area contributed by atoms with Gasteiger partial charge in [-0.1, -0.05) is 13.8 Å². The van der Waals surface area contributed by atoms with Crippen LogP contribution in [0.5, 0.6) is 0 Å². The zero-order valence-electron chi connectivity index (χ0n) is 7.87. The Hall–Kier alpha value is -0.710. The van der Waals surface area contributed by atoms with E-state index in [1.807, 2.05) is 13.8 Å². The van der Waals surface area contributed by atoms with E-state index in [0.29, 0.717) is 12.2 Å². The quantitative estimate of drug-likeness (QED) is 0.636. The molecular weight excluding hydrogens is 190 g/mol. The summed E-state index contributed by atoms with van der Waals surface area (Å²) >= 11 is 1.21. The lowest BCUT2D eigenvalue weighted by atomic mass is 10.3. The predicted octanol–water partition coefficient (Wildman–Crippen LogP) is 1.07. The van der Waals surface area contributed by atoms with E-state index in [1.165, 1.54) is 11.8 Å². The molecule has 0 aromatic rings. The van der Waals surface area contributed by atoms with Crippen LogP contribution < -0.4 is 5.32 Å². The molecule has 0 bridgehead atoms. The number of nitrogens with one attached hydrogen (secondary N) is 1. The Morgan fingerprint density at radius 3 is 2.46 bits per heavy atom. The number of carboxylic acid groups (broad SMARTS) is 1. The van der Waals surface area contributed by atoms with Gasteiger partial charge in [0.15, 0.2) is 5.37 Å². The highest BCUT2D eigenvalue weighted by molar-refractivity contribution is 8.00. The molecule has 0 aliphatic carbocycles. The number of rotatable bonds is 6. The molecule has 0 radical (unpaired) electrons. The molecule has 0 spiro atoms. The van der Waals surface area contributed by atoms with E-state index in [9.17, 15) is 9.59 Å². The maximum atomic E-state index is 11.0. The van der Waals surface area contributed by atoms with Gasteiger partial charge in [0.1, 0.15) is 0 Å². The molecule has 0 fully saturated rings. The summed E-state index contributed by atoms with van der Waals surface area (Å²) in [6.07, 6.45) is 1.11.